The minimum atomic E-state index is 0.0805. The fraction of sp³-hybridized carbons (Fsp3) is 0.562. The molecule has 1 rings (SSSR count). The fourth-order valence-corrected chi connectivity index (χ4v) is 1.81. The van der Waals surface area contributed by atoms with Crippen LogP contribution in [0.1, 0.15) is 38.3 Å². The molecule has 1 amide bonds. The van der Waals surface area contributed by atoms with Crippen molar-refractivity contribution in [3.8, 4) is 0 Å². The van der Waals surface area contributed by atoms with Crippen molar-refractivity contribution in [2.24, 2.45) is 0 Å². The van der Waals surface area contributed by atoms with Gasteiger partial charge in [-0.05, 0) is 23.0 Å². The Morgan fingerprint density at radius 1 is 1.21 bits per heavy atom. The number of benzene rings is 1. The Morgan fingerprint density at radius 3 is 2.37 bits per heavy atom. The van der Waals surface area contributed by atoms with Crippen LogP contribution in [-0.4, -0.2) is 26.2 Å². The fourth-order valence-electron chi connectivity index (χ4n) is 1.81. The molecule has 1 aromatic carbocycles. The zero-order chi connectivity index (χ0) is 14.3. The van der Waals surface area contributed by atoms with Crippen LogP contribution in [-0.2, 0) is 21.4 Å². The van der Waals surface area contributed by atoms with Crippen molar-refractivity contribution in [2.45, 2.75) is 39.0 Å². The van der Waals surface area contributed by atoms with Gasteiger partial charge in [-0.2, -0.15) is 0 Å². The number of ether oxygens (including phenoxy) is 1. The molecule has 0 aliphatic heterocycles. The first-order valence-electron chi connectivity index (χ1n) is 6.78. The molecule has 1 aromatic rings. The largest absolute Gasteiger partial charge is 0.383 e. The SMILES string of the molecule is COCCNC(=O)CCc1ccc(C(C)(C)C)cc1. The molecule has 0 atom stereocenters. The second-order valence-corrected chi connectivity index (χ2v) is 5.79. The van der Waals surface area contributed by atoms with Crippen LogP contribution in [0.2, 0.25) is 0 Å². The lowest BCUT2D eigenvalue weighted by Crippen LogP contribution is -2.27. The van der Waals surface area contributed by atoms with Gasteiger partial charge in [-0.25, -0.2) is 0 Å². The maximum Gasteiger partial charge on any atom is 0.220 e. The molecule has 0 saturated carbocycles. The van der Waals surface area contributed by atoms with Crippen molar-refractivity contribution in [3.63, 3.8) is 0 Å². The highest BCUT2D eigenvalue weighted by molar-refractivity contribution is 5.76. The highest BCUT2D eigenvalue weighted by Gasteiger charge is 2.12. The van der Waals surface area contributed by atoms with E-state index in [4.69, 9.17) is 4.74 Å². The van der Waals surface area contributed by atoms with Crippen molar-refractivity contribution >= 4 is 5.91 Å². The van der Waals surface area contributed by atoms with Gasteiger partial charge < -0.3 is 10.1 Å². The smallest absolute Gasteiger partial charge is 0.220 e. The minimum Gasteiger partial charge on any atom is -0.383 e. The van der Waals surface area contributed by atoms with E-state index in [1.165, 1.54) is 11.1 Å². The van der Waals surface area contributed by atoms with Crippen LogP contribution >= 0.6 is 0 Å². The van der Waals surface area contributed by atoms with Crippen molar-refractivity contribution in [3.05, 3.63) is 35.4 Å². The van der Waals surface area contributed by atoms with Gasteiger partial charge in [0, 0.05) is 20.1 Å². The molecular formula is C16H25NO2. The Bertz CT molecular complexity index is 390. The molecule has 0 radical (unpaired) electrons. The lowest BCUT2D eigenvalue weighted by molar-refractivity contribution is -0.121. The number of methoxy groups -OCH3 is 1. The third-order valence-corrected chi connectivity index (χ3v) is 3.09. The second kappa shape index (κ2) is 7.29. The molecule has 0 unspecified atom stereocenters. The summed E-state index contributed by atoms with van der Waals surface area (Å²) in [7, 11) is 1.63. The van der Waals surface area contributed by atoms with E-state index in [1.807, 2.05) is 0 Å². The number of hydrogen-bond donors (Lipinski definition) is 1. The van der Waals surface area contributed by atoms with E-state index >= 15 is 0 Å². The summed E-state index contributed by atoms with van der Waals surface area (Å²) in [6.07, 6.45) is 1.31. The number of carbonyl (C=O) groups is 1. The Balaban J connectivity index is 2.40. The molecule has 0 aliphatic rings. The average molecular weight is 263 g/mol. The summed E-state index contributed by atoms with van der Waals surface area (Å²) < 4.78 is 4.89. The summed E-state index contributed by atoms with van der Waals surface area (Å²) in [6, 6.07) is 8.53. The van der Waals surface area contributed by atoms with E-state index in [0.717, 1.165) is 6.42 Å². The predicted molar refractivity (Wildman–Crippen MR) is 78.3 cm³/mol. The highest BCUT2D eigenvalue weighted by Crippen LogP contribution is 2.22. The molecule has 3 heteroatoms. The number of aryl methyl sites for hydroxylation is 1. The van der Waals surface area contributed by atoms with Crippen LogP contribution in [0.15, 0.2) is 24.3 Å². The Labute approximate surface area is 116 Å². The zero-order valence-corrected chi connectivity index (χ0v) is 12.5. The molecule has 0 spiro atoms. The summed E-state index contributed by atoms with van der Waals surface area (Å²) >= 11 is 0. The first-order valence-corrected chi connectivity index (χ1v) is 6.78. The zero-order valence-electron chi connectivity index (χ0n) is 12.5. The summed E-state index contributed by atoms with van der Waals surface area (Å²) in [5, 5.41) is 2.83. The Morgan fingerprint density at radius 2 is 1.84 bits per heavy atom. The first-order chi connectivity index (χ1) is 8.93. The molecular weight excluding hydrogens is 238 g/mol. The van der Waals surface area contributed by atoms with E-state index in [9.17, 15) is 4.79 Å². The summed E-state index contributed by atoms with van der Waals surface area (Å²) in [5.74, 6) is 0.0805. The van der Waals surface area contributed by atoms with Gasteiger partial charge in [-0.15, -0.1) is 0 Å². The van der Waals surface area contributed by atoms with Crippen LogP contribution in [0.25, 0.3) is 0 Å². The van der Waals surface area contributed by atoms with E-state index in [2.05, 4.69) is 50.4 Å². The van der Waals surface area contributed by atoms with Gasteiger partial charge in [0.1, 0.15) is 0 Å². The van der Waals surface area contributed by atoms with Gasteiger partial charge in [-0.1, -0.05) is 45.0 Å². The topological polar surface area (TPSA) is 38.3 Å². The Kier molecular flexibility index (Phi) is 6.03. The lowest BCUT2D eigenvalue weighted by atomic mass is 9.86. The number of amides is 1. The van der Waals surface area contributed by atoms with Crippen LogP contribution in [0.3, 0.4) is 0 Å². The van der Waals surface area contributed by atoms with Gasteiger partial charge >= 0.3 is 0 Å². The van der Waals surface area contributed by atoms with E-state index in [0.29, 0.717) is 19.6 Å². The minimum absolute atomic E-state index is 0.0805. The van der Waals surface area contributed by atoms with Crippen LogP contribution < -0.4 is 5.32 Å². The number of nitrogens with one attached hydrogen (secondary N) is 1. The average Bonchev–Trinajstić information content (AvgIpc) is 2.36. The van der Waals surface area contributed by atoms with Gasteiger partial charge in [-0.3, -0.25) is 4.79 Å². The van der Waals surface area contributed by atoms with E-state index in [1.54, 1.807) is 7.11 Å². The maximum atomic E-state index is 11.6. The standard InChI is InChI=1S/C16H25NO2/c1-16(2,3)14-8-5-13(6-9-14)7-10-15(18)17-11-12-19-4/h5-6,8-9H,7,10-12H2,1-4H3,(H,17,18). The summed E-state index contributed by atoms with van der Waals surface area (Å²) in [6.45, 7) is 7.74. The van der Waals surface area contributed by atoms with Crippen molar-refractivity contribution in [1.82, 2.24) is 5.32 Å². The van der Waals surface area contributed by atoms with Crippen molar-refractivity contribution in [2.75, 3.05) is 20.3 Å². The third-order valence-electron chi connectivity index (χ3n) is 3.09. The second-order valence-electron chi connectivity index (χ2n) is 5.79. The summed E-state index contributed by atoms with van der Waals surface area (Å²) in [5.41, 5.74) is 2.70. The summed E-state index contributed by atoms with van der Waals surface area (Å²) in [4.78, 5) is 11.6. The third kappa shape index (κ3) is 5.88. The highest BCUT2D eigenvalue weighted by atomic mass is 16.5. The van der Waals surface area contributed by atoms with Crippen molar-refractivity contribution in [1.29, 1.82) is 0 Å². The number of carbonyl (C=O) groups excluding carboxylic acids is 1. The number of rotatable bonds is 6. The van der Waals surface area contributed by atoms with Crippen LogP contribution in [0.4, 0.5) is 0 Å². The van der Waals surface area contributed by atoms with Crippen molar-refractivity contribution < 1.29 is 9.53 Å². The molecule has 0 saturated heterocycles. The molecule has 0 heterocycles. The molecule has 0 aliphatic carbocycles. The predicted octanol–water partition coefficient (Wildman–Crippen LogP) is 2.68. The van der Waals surface area contributed by atoms with Gasteiger partial charge in [0.05, 0.1) is 6.61 Å². The molecule has 1 N–H and O–H groups in total. The molecule has 3 nitrogen and oxygen atoms in total. The maximum absolute atomic E-state index is 11.6. The van der Waals surface area contributed by atoms with E-state index in [-0.39, 0.29) is 11.3 Å². The number of hydrogen-bond acceptors (Lipinski definition) is 2. The molecule has 106 valence electrons. The molecule has 0 bridgehead atoms. The molecule has 0 fully saturated rings. The molecule has 19 heavy (non-hydrogen) atoms. The normalized spacial score (nSPS) is 11.4. The van der Waals surface area contributed by atoms with Crippen LogP contribution in [0, 0.1) is 0 Å². The first kappa shape index (κ1) is 15.7. The van der Waals surface area contributed by atoms with Crippen LogP contribution in [0.5, 0.6) is 0 Å². The van der Waals surface area contributed by atoms with E-state index < -0.39 is 0 Å². The molecule has 0 aromatic heterocycles. The Hall–Kier alpha value is -1.35. The lowest BCUT2D eigenvalue weighted by Gasteiger charge is -2.19. The van der Waals surface area contributed by atoms with Gasteiger partial charge in [0.25, 0.3) is 0 Å². The van der Waals surface area contributed by atoms with Gasteiger partial charge in [0.2, 0.25) is 5.91 Å². The quantitative estimate of drug-likeness (QED) is 0.801. The monoisotopic (exact) mass is 263 g/mol. The van der Waals surface area contributed by atoms with Gasteiger partial charge in [0.15, 0.2) is 0 Å².